The molecule has 0 bridgehead atoms. The molecule has 0 saturated heterocycles. The molecule has 0 saturated carbocycles. The molecule has 6 heteroatoms. The number of carbonyl (C=O) groups is 2. The van der Waals surface area contributed by atoms with E-state index < -0.39 is 12.1 Å². The molecule has 0 aliphatic heterocycles. The number of hydrogen-bond donors (Lipinski definition) is 2. The summed E-state index contributed by atoms with van der Waals surface area (Å²) in [6, 6.07) is 7.20. The molecule has 20 heavy (non-hydrogen) atoms. The summed E-state index contributed by atoms with van der Waals surface area (Å²) in [5.74, 6) is -1.11. The quantitative estimate of drug-likeness (QED) is 0.830. The standard InChI is InChI=1S/C14H20N2O4/c1-4-16(11-7-5-6-10(2)8-11)14(19)15-9-12(20-3)13(17)18/h5-8,12H,4,9H2,1-3H3,(H,15,19)(H,17,18). The summed E-state index contributed by atoms with van der Waals surface area (Å²) in [6.45, 7) is 4.21. The number of carbonyl (C=O) groups excluding carboxylic acids is 1. The van der Waals surface area contributed by atoms with E-state index in [0.29, 0.717) is 6.54 Å². The lowest BCUT2D eigenvalue weighted by Crippen LogP contribution is -2.45. The maximum absolute atomic E-state index is 12.1. The highest BCUT2D eigenvalue weighted by atomic mass is 16.5. The third kappa shape index (κ3) is 4.24. The van der Waals surface area contributed by atoms with E-state index in [-0.39, 0.29) is 12.6 Å². The van der Waals surface area contributed by atoms with Gasteiger partial charge in [-0.1, -0.05) is 12.1 Å². The lowest BCUT2D eigenvalue weighted by molar-refractivity contribution is -0.147. The number of nitrogens with one attached hydrogen (secondary N) is 1. The van der Waals surface area contributed by atoms with Crippen molar-refractivity contribution in [1.82, 2.24) is 5.32 Å². The van der Waals surface area contributed by atoms with Gasteiger partial charge in [-0.05, 0) is 31.5 Å². The van der Waals surface area contributed by atoms with Gasteiger partial charge >= 0.3 is 12.0 Å². The molecule has 0 spiro atoms. The second-order valence-corrected chi connectivity index (χ2v) is 4.33. The lowest BCUT2D eigenvalue weighted by atomic mass is 10.2. The van der Waals surface area contributed by atoms with Crippen LogP contribution in [0, 0.1) is 6.92 Å². The van der Waals surface area contributed by atoms with Gasteiger partial charge in [-0.15, -0.1) is 0 Å². The minimum atomic E-state index is -1.11. The molecule has 0 aromatic heterocycles. The Balaban J connectivity index is 2.71. The highest BCUT2D eigenvalue weighted by Crippen LogP contribution is 2.15. The molecular weight excluding hydrogens is 260 g/mol. The number of aryl methyl sites for hydroxylation is 1. The van der Waals surface area contributed by atoms with Crippen molar-refractivity contribution < 1.29 is 19.4 Å². The number of amides is 2. The van der Waals surface area contributed by atoms with Crippen molar-refractivity contribution >= 4 is 17.7 Å². The van der Waals surface area contributed by atoms with Gasteiger partial charge in [0.25, 0.3) is 0 Å². The van der Waals surface area contributed by atoms with Gasteiger partial charge in [0.15, 0.2) is 6.10 Å². The van der Waals surface area contributed by atoms with E-state index in [1.807, 2.05) is 38.1 Å². The van der Waals surface area contributed by atoms with E-state index in [4.69, 9.17) is 9.84 Å². The van der Waals surface area contributed by atoms with Crippen molar-refractivity contribution in [2.24, 2.45) is 0 Å². The second-order valence-electron chi connectivity index (χ2n) is 4.33. The first-order valence-electron chi connectivity index (χ1n) is 6.37. The zero-order valence-corrected chi connectivity index (χ0v) is 11.9. The fourth-order valence-corrected chi connectivity index (χ4v) is 1.79. The Morgan fingerprint density at radius 1 is 1.45 bits per heavy atom. The van der Waals surface area contributed by atoms with Crippen molar-refractivity contribution in [3.05, 3.63) is 29.8 Å². The van der Waals surface area contributed by atoms with Crippen LogP contribution in [0.1, 0.15) is 12.5 Å². The Kier molecular flexibility index (Phi) is 5.99. The Hall–Kier alpha value is -2.08. The van der Waals surface area contributed by atoms with Crippen LogP contribution in [0.2, 0.25) is 0 Å². The number of aliphatic carboxylic acids is 1. The van der Waals surface area contributed by atoms with Gasteiger partial charge in [0.05, 0.1) is 6.54 Å². The highest BCUT2D eigenvalue weighted by molar-refractivity contribution is 5.92. The fraction of sp³-hybridized carbons (Fsp3) is 0.429. The van der Waals surface area contributed by atoms with Crippen LogP contribution < -0.4 is 10.2 Å². The minimum absolute atomic E-state index is 0.0764. The van der Waals surface area contributed by atoms with E-state index in [0.717, 1.165) is 11.3 Å². The van der Waals surface area contributed by atoms with Crippen LogP contribution in [0.25, 0.3) is 0 Å². The number of anilines is 1. The first kappa shape index (κ1) is 16.0. The van der Waals surface area contributed by atoms with E-state index in [1.54, 1.807) is 4.90 Å². The van der Waals surface area contributed by atoms with Crippen LogP contribution in [0.15, 0.2) is 24.3 Å². The van der Waals surface area contributed by atoms with E-state index >= 15 is 0 Å². The highest BCUT2D eigenvalue weighted by Gasteiger charge is 2.19. The topological polar surface area (TPSA) is 78.9 Å². The first-order valence-corrected chi connectivity index (χ1v) is 6.37. The van der Waals surface area contributed by atoms with Gasteiger partial charge in [-0.2, -0.15) is 0 Å². The van der Waals surface area contributed by atoms with Gasteiger partial charge in [-0.3, -0.25) is 4.90 Å². The molecule has 0 radical (unpaired) electrons. The van der Waals surface area contributed by atoms with Crippen LogP contribution in [0.5, 0.6) is 0 Å². The van der Waals surface area contributed by atoms with Crippen LogP contribution >= 0.6 is 0 Å². The van der Waals surface area contributed by atoms with E-state index in [1.165, 1.54) is 7.11 Å². The van der Waals surface area contributed by atoms with Crippen molar-refractivity contribution in [1.29, 1.82) is 0 Å². The number of hydrogen-bond acceptors (Lipinski definition) is 3. The monoisotopic (exact) mass is 280 g/mol. The van der Waals surface area contributed by atoms with Gasteiger partial charge < -0.3 is 15.2 Å². The Morgan fingerprint density at radius 3 is 2.65 bits per heavy atom. The number of carboxylic acid groups (broad SMARTS) is 1. The van der Waals surface area contributed by atoms with Crippen LogP contribution in [-0.4, -0.2) is 43.4 Å². The van der Waals surface area contributed by atoms with Crippen LogP contribution in [0.4, 0.5) is 10.5 Å². The average molecular weight is 280 g/mol. The smallest absolute Gasteiger partial charge is 0.334 e. The summed E-state index contributed by atoms with van der Waals surface area (Å²) in [6.07, 6.45) is -1.05. The maximum Gasteiger partial charge on any atom is 0.334 e. The number of benzene rings is 1. The van der Waals surface area contributed by atoms with Crippen molar-refractivity contribution in [3.63, 3.8) is 0 Å². The number of carboxylic acids is 1. The third-order valence-electron chi connectivity index (χ3n) is 2.87. The van der Waals surface area contributed by atoms with Gasteiger partial charge in [0.2, 0.25) is 0 Å². The Morgan fingerprint density at radius 2 is 2.15 bits per heavy atom. The SMILES string of the molecule is CCN(C(=O)NCC(OC)C(=O)O)c1cccc(C)c1. The molecule has 6 nitrogen and oxygen atoms in total. The summed E-state index contributed by atoms with van der Waals surface area (Å²) >= 11 is 0. The molecule has 1 aromatic carbocycles. The summed E-state index contributed by atoms with van der Waals surface area (Å²) < 4.78 is 4.77. The zero-order chi connectivity index (χ0) is 15.1. The van der Waals surface area contributed by atoms with Gasteiger partial charge in [0.1, 0.15) is 0 Å². The van der Waals surface area contributed by atoms with E-state index in [2.05, 4.69) is 5.32 Å². The van der Waals surface area contributed by atoms with Crippen molar-refractivity contribution in [2.75, 3.05) is 25.1 Å². The lowest BCUT2D eigenvalue weighted by Gasteiger charge is -2.22. The molecule has 1 unspecified atom stereocenters. The Labute approximate surface area is 118 Å². The molecule has 2 amide bonds. The van der Waals surface area contributed by atoms with Crippen LogP contribution in [0.3, 0.4) is 0 Å². The predicted molar refractivity (Wildman–Crippen MR) is 76.0 cm³/mol. The Bertz CT molecular complexity index is 476. The summed E-state index contributed by atoms with van der Waals surface area (Å²) in [4.78, 5) is 24.4. The summed E-state index contributed by atoms with van der Waals surface area (Å²) in [7, 11) is 1.29. The van der Waals surface area contributed by atoms with E-state index in [9.17, 15) is 9.59 Å². The number of methoxy groups -OCH3 is 1. The summed E-state index contributed by atoms with van der Waals surface area (Å²) in [5, 5.41) is 11.4. The largest absolute Gasteiger partial charge is 0.479 e. The minimum Gasteiger partial charge on any atom is -0.479 e. The number of rotatable bonds is 6. The number of ether oxygens (including phenoxy) is 1. The molecule has 0 aliphatic rings. The molecule has 2 N–H and O–H groups in total. The first-order chi connectivity index (χ1) is 9.49. The average Bonchev–Trinajstić information content (AvgIpc) is 2.40. The molecule has 1 aromatic rings. The normalized spacial score (nSPS) is 11.8. The predicted octanol–water partition coefficient (Wildman–Crippen LogP) is 1.63. The van der Waals surface area contributed by atoms with Gasteiger partial charge in [-0.25, -0.2) is 9.59 Å². The van der Waals surface area contributed by atoms with Crippen molar-refractivity contribution in [2.45, 2.75) is 20.0 Å². The molecule has 0 heterocycles. The number of urea groups is 1. The molecule has 1 atom stereocenters. The zero-order valence-electron chi connectivity index (χ0n) is 11.9. The van der Waals surface area contributed by atoms with Crippen molar-refractivity contribution in [3.8, 4) is 0 Å². The number of nitrogens with zero attached hydrogens (tertiary/aromatic N) is 1. The third-order valence-corrected chi connectivity index (χ3v) is 2.87. The summed E-state index contributed by atoms with van der Waals surface area (Å²) in [5.41, 5.74) is 1.82. The maximum atomic E-state index is 12.1. The molecule has 0 fully saturated rings. The second kappa shape index (κ2) is 7.49. The fourth-order valence-electron chi connectivity index (χ4n) is 1.79. The molecule has 0 aliphatic carbocycles. The van der Waals surface area contributed by atoms with Gasteiger partial charge in [0, 0.05) is 19.3 Å². The van der Waals surface area contributed by atoms with Crippen LogP contribution in [-0.2, 0) is 9.53 Å². The molecular formula is C14H20N2O4. The molecule has 110 valence electrons. The molecule has 1 rings (SSSR count).